The molecule has 152 valence electrons. The van der Waals surface area contributed by atoms with E-state index < -0.39 is 0 Å². The number of rotatable bonds is 7. The number of hydrogen-bond donors (Lipinski definition) is 0. The number of nitrogens with zero attached hydrogens (tertiary/aromatic N) is 3. The molecule has 0 radical (unpaired) electrons. The Morgan fingerprint density at radius 2 is 1.89 bits per heavy atom. The van der Waals surface area contributed by atoms with Crippen LogP contribution < -0.4 is 4.90 Å². The number of thiazole rings is 1. The molecular formula is C19H22BrCl2N3OS2. The van der Waals surface area contributed by atoms with Gasteiger partial charge in [0, 0.05) is 18.1 Å². The molecule has 0 unspecified atom stereocenters. The molecule has 3 rings (SSSR count). The first-order valence-corrected chi connectivity index (χ1v) is 11.6. The van der Waals surface area contributed by atoms with Crippen molar-refractivity contribution in [1.29, 1.82) is 0 Å². The van der Waals surface area contributed by atoms with Crippen LogP contribution in [0.3, 0.4) is 0 Å². The average Bonchev–Trinajstić information content (AvgIpc) is 3.25. The van der Waals surface area contributed by atoms with Crippen LogP contribution in [-0.4, -0.2) is 42.0 Å². The fourth-order valence-corrected chi connectivity index (χ4v) is 5.67. The van der Waals surface area contributed by atoms with Gasteiger partial charge in [0.05, 0.1) is 18.9 Å². The van der Waals surface area contributed by atoms with Crippen molar-refractivity contribution in [2.45, 2.75) is 20.8 Å². The highest BCUT2D eigenvalue weighted by molar-refractivity contribution is 9.11. The number of aryl methyl sites for hydroxylation is 1. The Bertz CT molecular complexity index is 956. The predicted molar refractivity (Wildman–Crippen MR) is 128 cm³/mol. The lowest BCUT2D eigenvalue weighted by Gasteiger charge is -2.24. The summed E-state index contributed by atoms with van der Waals surface area (Å²) in [7, 11) is 0. The van der Waals surface area contributed by atoms with E-state index in [4.69, 9.17) is 16.6 Å². The molecule has 2 aromatic heterocycles. The smallest absolute Gasteiger partial charge is 0.270 e. The van der Waals surface area contributed by atoms with Crippen molar-refractivity contribution in [3.05, 3.63) is 43.5 Å². The maximum atomic E-state index is 13.2. The Balaban J connectivity index is 0.00000280. The van der Waals surface area contributed by atoms with Gasteiger partial charge in [-0.25, -0.2) is 4.98 Å². The van der Waals surface area contributed by atoms with E-state index in [1.54, 1.807) is 4.90 Å². The quantitative estimate of drug-likeness (QED) is 0.355. The van der Waals surface area contributed by atoms with Crippen molar-refractivity contribution < 1.29 is 4.79 Å². The molecule has 0 fully saturated rings. The van der Waals surface area contributed by atoms with Gasteiger partial charge in [0.1, 0.15) is 0 Å². The summed E-state index contributed by atoms with van der Waals surface area (Å²) in [6.07, 6.45) is 0. The van der Waals surface area contributed by atoms with Crippen LogP contribution in [-0.2, 0) is 0 Å². The second kappa shape index (κ2) is 10.4. The van der Waals surface area contributed by atoms with Crippen LogP contribution >= 0.6 is 62.6 Å². The molecule has 2 heterocycles. The third-order valence-electron chi connectivity index (χ3n) is 4.43. The molecule has 1 amide bonds. The number of carbonyl (C=O) groups excluding carboxylic acids is 1. The fourth-order valence-electron chi connectivity index (χ4n) is 2.89. The van der Waals surface area contributed by atoms with E-state index in [0.29, 0.717) is 16.4 Å². The summed E-state index contributed by atoms with van der Waals surface area (Å²) in [5, 5.41) is 1.41. The molecule has 0 aliphatic rings. The van der Waals surface area contributed by atoms with Gasteiger partial charge in [0.2, 0.25) is 0 Å². The minimum atomic E-state index is -0.0133. The molecule has 0 spiro atoms. The highest BCUT2D eigenvalue weighted by Gasteiger charge is 2.23. The van der Waals surface area contributed by atoms with Gasteiger partial charge in [-0.3, -0.25) is 9.69 Å². The number of aromatic nitrogens is 1. The van der Waals surface area contributed by atoms with Crippen LogP contribution in [0, 0.1) is 6.92 Å². The molecule has 0 aliphatic carbocycles. The largest absolute Gasteiger partial charge is 0.302 e. The lowest BCUT2D eigenvalue weighted by atomic mass is 10.2. The number of fused-ring (bicyclic) bond motifs is 1. The number of likely N-dealkylation sites (N-methyl/N-ethyl adjacent to an activating group) is 1. The third-order valence-corrected chi connectivity index (χ3v) is 7.29. The molecule has 28 heavy (non-hydrogen) atoms. The van der Waals surface area contributed by atoms with E-state index >= 15 is 0 Å². The molecule has 0 atom stereocenters. The Hall–Kier alpha value is -0.700. The van der Waals surface area contributed by atoms with Crippen molar-refractivity contribution in [2.75, 3.05) is 31.1 Å². The first-order valence-electron chi connectivity index (χ1n) is 8.79. The van der Waals surface area contributed by atoms with Gasteiger partial charge in [-0.05, 0) is 65.8 Å². The summed E-state index contributed by atoms with van der Waals surface area (Å²) in [5.41, 5.74) is 1.93. The van der Waals surface area contributed by atoms with Crippen LogP contribution in [0.5, 0.6) is 0 Å². The maximum Gasteiger partial charge on any atom is 0.270 e. The van der Waals surface area contributed by atoms with E-state index in [2.05, 4.69) is 34.7 Å². The van der Waals surface area contributed by atoms with Crippen LogP contribution in [0.2, 0.25) is 5.02 Å². The lowest BCUT2D eigenvalue weighted by Crippen LogP contribution is -2.38. The average molecular weight is 523 g/mol. The van der Waals surface area contributed by atoms with Gasteiger partial charge in [-0.2, -0.15) is 0 Å². The summed E-state index contributed by atoms with van der Waals surface area (Å²) < 4.78 is 1.95. The zero-order chi connectivity index (χ0) is 19.6. The fraction of sp³-hybridized carbons (Fsp3) is 0.368. The van der Waals surface area contributed by atoms with Gasteiger partial charge >= 0.3 is 0 Å². The van der Waals surface area contributed by atoms with Crippen LogP contribution in [0.25, 0.3) is 10.2 Å². The van der Waals surface area contributed by atoms with Crippen molar-refractivity contribution in [3.8, 4) is 0 Å². The molecule has 0 saturated heterocycles. The number of halogens is 3. The minimum absolute atomic E-state index is 0. The Morgan fingerprint density at radius 1 is 1.18 bits per heavy atom. The second-order valence-corrected chi connectivity index (χ2v) is 10.1. The number of anilines is 1. The maximum absolute atomic E-state index is 13.2. The Kier molecular flexibility index (Phi) is 8.73. The monoisotopic (exact) mass is 521 g/mol. The SMILES string of the molecule is CCN(CC)CCN(C(=O)c1ccc(Br)s1)c1nc2c(C)cc(Cl)cc2s1.Cl. The molecule has 0 N–H and O–H groups in total. The molecule has 0 saturated carbocycles. The summed E-state index contributed by atoms with van der Waals surface area (Å²) in [5.74, 6) is -0.0133. The van der Waals surface area contributed by atoms with Crippen LogP contribution in [0.4, 0.5) is 5.13 Å². The minimum Gasteiger partial charge on any atom is -0.302 e. The summed E-state index contributed by atoms with van der Waals surface area (Å²) in [4.78, 5) is 22.8. The normalized spacial score (nSPS) is 11.1. The van der Waals surface area contributed by atoms with Crippen molar-refractivity contribution in [3.63, 3.8) is 0 Å². The van der Waals surface area contributed by atoms with Gasteiger partial charge in [0.25, 0.3) is 5.91 Å². The Labute approximate surface area is 193 Å². The first-order chi connectivity index (χ1) is 12.9. The molecular weight excluding hydrogens is 501 g/mol. The summed E-state index contributed by atoms with van der Waals surface area (Å²) in [6, 6.07) is 7.59. The molecule has 4 nitrogen and oxygen atoms in total. The molecule has 9 heteroatoms. The number of hydrogen-bond acceptors (Lipinski definition) is 5. The van der Waals surface area contributed by atoms with E-state index in [1.807, 2.05) is 31.2 Å². The van der Waals surface area contributed by atoms with Crippen LogP contribution in [0.15, 0.2) is 28.1 Å². The molecule has 1 aromatic carbocycles. The standard InChI is InChI=1S/C19H21BrClN3OS2.ClH/c1-4-23(5-2)8-9-24(18(25)14-6-7-16(20)26-14)19-22-17-12(3)10-13(21)11-15(17)27-19;/h6-7,10-11H,4-5,8-9H2,1-3H3;1H. The highest BCUT2D eigenvalue weighted by Crippen LogP contribution is 2.34. The van der Waals surface area contributed by atoms with E-state index in [-0.39, 0.29) is 18.3 Å². The number of benzene rings is 1. The van der Waals surface area contributed by atoms with Crippen molar-refractivity contribution >= 4 is 83.9 Å². The van der Waals surface area contributed by atoms with Gasteiger partial charge < -0.3 is 4.90 Å². The second-order valence-electron chi connectivity index (χ2n) is 6.15. The summed E-state index contributed by atoms with van der Waals surface area (Å²) >= 11 is 12.6. The van der Waals surface area contributed by atoms with E-state index in [1.165, 1.54) is 22.7 Å². The van der Waals surface area contributed by atoms with Gasteiger partial charge in [-0.15, -0.1) is 23.7 Å². The number of carbonyl (C=O) groups is 1. The zero-order valence-corrected chi connectivity index (χ0v) is 20.7. The van der Waals surface area contributed by atoms with Crippen LogP contribution in [0.1, 0.15) is 29.1 Å². The molecule has 0 aliphatic heterocycles. The predicted octanol–water partition coefficient (Wildman–Crippen LogP) is 6.49. The zero-order valence-electron chi connectivity index (χ0n) is 15.9. The van der Waals surface area contributed by atoms with E-state index in [0.717, 1.165) is 44.3 Å². The first kappa shape index (κ1) is 23.6. The molecule has 0 bridgehead atoms. The Morgan fingerprint density at radius 3 is 2.50 bits per heavy atom. The van der Waals surface area contributed by atoms with Crippen molar-refractivity contribution in [1.82, 2.24) is 9.88 Å². The van der Waals surface area contributed by atoms with Gasteiger partial charge in [0.15, 0.2) is 5.13 Å². The highest BCUT2D eigenvalue weighted by atomic mass is 79.9. The number of amides is 1. The number of thiophene rings is 1. The van der Waals surface area contributed by atoms with Crippen molar-refractivity contribution in [2.24, 2.45) is 0 Å². The topological polar surface area (TPSA) is 36.4 Å². The summed E-state index contributed by atoms with van der Waals surface area (Å²) in [6.45, 7) is 9.58. The lowest BCUT2D eigenvalue weighted by molar-refractivity contribution is 0.0987. The molecule has 3 aromatic rings. The third kappa shape index (κ3) is 5.26. The van der Waals surface area contributed by atoms with E-state index in [9.17, 15) is 4.79 Å². The van der Waals surface area contributed by atoms with Gasteiger partial charge in [-0.1, -0.05) is 36.8 Å².